The van der Waals surface area contributed by atoms with Gasteiger partial charge >= 0.3 is 5.69 Å². The number of hydrogen-bond acceptors (Lipinski definition) is 5. The predicted octanol–water partition coefficient (Wildman–Crippen LogP) is 4.21. The summed E-state index contributed by atoms with van der Waals surface area (Å²) in [6.45, 7) is 4.99. The van der Waals surface area contributed by atoms with Crippen LogP contribution in [0.3, 0.4) is 0 Å². The van der Waals surface area contributed by atoms with Crippen molar-refractivity contribution >= 4 is 17.4 Å². The first-order valence-electron chi connectivity index (χ1n) is 10.0. The fraction of sp³-hybridized carbons (Fsp3) is 0.174. The Balaban J connectivity index is 1.65. The van der Waals surface area contributed by atoms with Crippen molar-refractivity contribution in [2.24, 2.45) is 0 Å². The van der Waals surface area contributed by atoms with Crippen molar-refractivity contribution in [3.8, 4) is 16.9 Å². The van der Waals surface area contributed by atoms with E-state index < -0.39 is 4.92 Å². The molecule has 1 N–H and O–H groups in total. The minimum Gasteiger partial charge on any atom is -0.309 e. The molecule has 0 saturated carbocycles. The lowest BCUT2D eigenvalue weighted by molar-refractivity contribution is -0.386. The van der Waals surface area contributed by atoms with E-state index in [4.69, 9.17) is 0 Å². The molecule has 32 heavy (non-hydrogen) atoms. The van der Waals surface area contributed by atoms with Gasteiger partial charge in [0.2, 0.25) is 5.91 Å². The highest BCUT2D eigenvalue weighted by Crippen LogP contribution is 2.26. The minimum atomic E-state index is -0.482. The summed E-state index contributed by atoms with van der Waals surface area (Å²) in [7, 11) is 0. The lowest BCUT2D eigenvalue weighted by Crippen LogP contribution is -2.22. The van der Waals surface area contributed by atoms with Gasteiger partial charge in [-0.3, -0.25) is 19.6 Å². The second-order valence-corrected chi connectivity index (χ2v) is 7.51. The monoisotopic (exact) mass is 430 g/mol. The van der Waals surface area contributed by atoms with Gasteiger partial charge in [0.15, 0.2) is 0 Å². The van der Waals surface area contributed by atoms with Crippen LogP contribution >= 0.6 is 0 Å². The van der Waals surface area contributed by atoms with E-state index in [9.17, 15) is 14.9 Å². The molecule has 0 radical (unpaired) electrons. The van der Waals surface area contributed by atoms with Gasteiger partial charge < -0.3 is 5.32 Å². The number of rotatable bonds is 6. The van der Waals surface area contributed by atoms with Crippen LogP contribution in [0.15, 0.2) is 60.7 Å². The number of carbonyl (C=O) groups is 1. The number of hydrogen-bond donors (Lipinski definition) is 1. The number of nitro groups is 1. The fourth-order valence-electron chi connectivity index (χ4n) is 3.53. The van der Waals surface area contributed by atoms with Crippen molar-refractivity contribution < 1.29 is 9.72 Å². The molecule has 0 fully saturated rings. The molecule has 0 atom stereocenters. The summed E-state index contributed by atoms with van der Waals surface area (Å²) in [5.41, 5.74) is 4.11. The van der Waals surface area contributed by atoms with Crippen molar-refractivity contribution in [1.29, 1.82) is 0 Å². The first kappa shape index (κ1) is 21.0. The largest absolute Gasteiger partial charge is 0.312 e. The topological polar surface area (TPSA) is 108 Å². The maximum Gasteiger partial charge on any atom is 0.312 e. The molecule has 0 spiro atoms. The second kappa shape index (κ2) is 8.46. The van der Waals surface area contributed by atoms with Crippen LogP contribution in [0.5, 0.6) is 0 Å². The molecule has 9 nitrogen and oxygen atoms in total. The van der Waals surface area contributed by atoms with Gasteiger partial charge in [-0.1, -0.05) is 48.0 Å². The van der Waals surface area contributed by atoms with Crippen molar-refractivity contribution in [2.75, 3.05) is 5.32 Å². The Morgan fingerprint density at radius 3 is 2.34 bits per heavy atom. The summed E-state index contributed by atoms with van der Waals surface area (Å²) < 4.78 is 3.00. The zero-order valence-corrected chi connectivity index (χ0v) is 17.9. The van der Waals surface area contributed by atoms with Crippen molar-refractivity contribution in [1.82, 2.24) is 19.6 Å². The highest BCUT2D eigenvalue weighted by Gasteiger charge is 2.23. The summed E-state index contributed by atoms with van der Waals surface area (Å²) in [5.74, 6) is 0.130. The summed E-state index contributed by atoms with van der Waals surface area (Å²) in [6.07, 6.45) is 0. The number of para-hydroxylation sites is 1. The van der Waals surface area contributed by atoms with Crippen molar-refractivity contribution in [3.05, 3.63) is 87.7 Å². The standard InChI is InChI=1S/C23H22N6O3/c1-15-9-11-18(12-10-15)20-13-21(28(26-20)19-7-5-4-6-8-19)24-22(30)14-27-17(3)23(29(31)32)16(2)25-27/h4-13H,14H2,1-3H3,(H,24,30). The molecule has 0 aliphatic heterocycles. The third-order valence-electron chi connectivity index (χ3n) is 5.14. The first-order chi connectivity index (χ1) is 15.3. The second-order valence-electron chi connectivity index (χ2n) is 7.51. The molecule has 0 saturated heterocycles. The molecule has 0 unspecified atom stereocenters. The number of nitrogens with one attached hydrogen (secondary N) is 1. The normalized spacial score (nSPS) is 10.8. The van der Waals surface area contributed by atoms with Gasteiger partial charge in [0.25, 0.3) is 0 Å². The molecule has 162 valence electrons. The Labute approximate surface area is 184 Å². The first-order valence-corrected chi connectivity index (χ1v) is 10.0. The number of anilines is 1. The SMILES string of the molecule is Cc1ccc(-c2cc(NC(=O)Cn3nc(C)c([N+](=O)[O-])c3C)n(-c3ccccc3)n2)cc1. The lowest BCUT2D eigenvalue weighted by atomic mass is 10.1. The molecular formula is C23H22N6O3. The van der Waals surface area contributed by atoms with Crippen LogP contribution < -0.4 is 5.32 Å². The highest BCUT2D eigenvalue weighted by atomic mass is 16.6. The Kier molecular flexibility index (Phi) is 5.55. The number of aromatic nitrogens is 4. The summed E-state index contributed by atoms with van der Waals surface area (Å²) in [5, 5.41) is 22.9. The Morgan fingerprint density at radius 1 is 1.03 bits per heavy atom. The quantitative estimate of drug-likeness (QED) is 0.364. The van der Waals surface area contributed by atoms with Gasteiger partial charge in [0, 0.05) is 11.6 Å². The van der Waals surface area contributed by atoms with E-state index in [1.54, 1.807) is 24.6 Å². The number of amides is 1. The molecule has 9 heteroatoms. The van der Waals surface area contributed by atoms with Crippen LogP contribution in [0.2, 0.25) is 0 Å². The van der Waals surface area contributed by atoms with E-state index in [0.29, 0.717) is 17.2 Å². The number of carbonyl (C=O) groups excluding carboxylic acids is 1. The van der Waals surface area contributed by atoms with Crippen molar-refractivity contribution in [2.45, 2.75) is 27.3 Å². The van der Waals surface area contributed by atoms with E-state index in [0.717, 1.165) is 16.8 Å². The molecule has 1 amide bonds. The van der Waals surface area contributed by atoms with Gasteiger partial charge in [0.1, 0.15) is 23.8 Å². The van der Waals surface area contributed by atoms with Gasteiger partial charge in [-0.15, -0.1) is 0 Å². The molecule has 4 rings (SSSR count). The zero-order valence-electron chi connectivity index (χ0n) is 17.9. The fourth-order valence-corrected chi connectivity index (χ4v) is 3.53. The van der Waals surface area contributed by atoms with Gasteiger partial charge in [-0.05, 0) is 32.9 Å². The van der Waals surface area contributed by atoms with Gasteiger partial charge in [0.05, 0.1) is 16.3 Å². The molecule has 2 heterocycles. The maximum atomic E-state index is 12.8. The van der Waals surface area contributed by atoms with Crippen LogP contribution in [-0.4, -0.2) is 30.4 Å². The third kappa shape index (κ3) is 4.13. The average molecular weight is 430 g/mol. The van der Waals surface area contributed by atoms with E-state index in [2.05, 4.69) is 15.5 Å². The van der Waals surface area contributed by atoms with Crippen molar-refractivity contribution in [3.63, 3.8) is 0 Å². The van der Waals surface area contributed by atoms with Gasteiger partial charge in [-0.2, -0.15) is 10.2 Å². The number of nitrogens with zero attached hydrogens (tertiary/aromatic N) is 5. The smallest absolute Gasteiger partial charge is 0.309 e. The van der Waals surface area contributed by atoms with Crippen LogP contribution in [0.1, 0.15) is 17.0 Å². The van der Waals surface area contributed by atoms with E-state index in [1.165, 1.54) is 4.68 Å². The van der Waals surface area contributed by atoms with Gasteiger partial charge in [-0.25, -0.2) is 4.68 Å². The van der Waals surface area contributed by atoms with E-state index in [-0.39, 0.29) is 23.8 Å². The summed E-state index contributed by atoms with van der Waals surface area (Å²) in [6, 6.07) is 19.3. The van der Waals surface area contributed by atoms with Crippen LogP contribution in [-0.2, 0) is 11.3 Å². The Hall–Kier alpha value is -4.27. The molecule has 0 aliphatic rings. The zero-order chi connectivity index (χ0) is 22.8. The maximum absolute atomic E-state index is 12.8. The molecule has 0 aliphatic carbocycles. The Bertz CT molecular complexity index is 1290. The van der Waals surface area contributed by atoms with E-state index >= 15 is 0 Å². The highest BCUT2D eigenvalue weighted by molar-refractivity contribution is 5.90. The van der Waals surface area contributed by atoms with Crippen LogP contribution in [0.25, 0.3) is 16.9 Å². The van der Waals surface area contributed by atoms with Crippen LogP contribution in [0.4, 0.5) is 11.5 Å². The molecule has 4 aromatic rings. The molecule has 0 bridgehead atoms. The predicted molar refractivity (Wildman–Crippen MR) is 121 cm³/mol. The Morgan fingerprint density at radius 2 is 1.72 bits per heavy atom. The molecule has 2 aromatic heterocycles. The molecule has 2 aromatic carbocycles. The minimum absolute atomic E-state index is 0.0752. The average Bonchev–Trinajstić information content (AvgIpc) is 3.29. The van der Waals surface area contributed by atoms with Crippen LogP contribution in [0, 0.1) is 30.9 Å². The number of benzene rings is 2. The summed E-state index contributed by atoms with van der Waals surface area (Å²) >= 11 is 0. The lowest BCUT2D eigenvalue weighted by Gasteiger charge is -2.09. The number of aryl methyl sites for hydroxylation is 2. The third-order valence-corrected chi connectivity index (χ3v) is 5.14. The summed E-state index contributed by atoms with van der Waals surface area (Å²) in [4.78, 5) is 23.6. The van der Waals surface area contributed by atoms with E-state index in [1.807, 2.05) is 61.5 Å². The molecular weight excluding hydrogens is 408 g/mol.